The van der Waals surface area contributed by atoms with E-state index in [-0.39, 0.29) is 6.04 Å². The zero-order valence-electron chi connectivity index (χ0n) is 10.7. The van der Waals surface area contributed by atoms with Gasteiger partial charge in [0.05, 0.1) is 6.04 Å². The first kappa shape index (κ1) is 11.7. The van der Waals surface area contributed by atoms with Gasteiger partial charge in [0.15, 0.2) is 5.78 Å². The van der Waals surface area contributed by atoms with Gasteiger partial charge in [0.2, 0.25) is 0 Å². The van der Waals surface area contributed by atoms with Gasteiger partial charge in [-0.1, -0.05) is 32.1 Å². The van der Waals surface area contributed by atoms with Gasteiger partial charge < -0.3 is 0 Å². The molecule has 0 amide bonds. The highest BCUT2D eigenvalue weighted by molar-refractivity contribution is 5.84. The molecular formula is C14H24N2O. The molecule has 17 heavy (non-hydrogen) atoms. The first-order valence-electron chi connectivity index (χ1n) is 7.32. The third kappa shape index (κ3) is 2.55. The number of carbonyl (C=O) groups excluding carboxylic acids is 1. The lowest BCUT2D eigenvalue weighted by atomic mass is 9.84. The molecule has 0 aromatic carbocycles. The molecule has 3 aliphatic heterocycles. The number of hydrogen-bond donors (Lipinski definition) is 0. The standard InChI is InChI=1S/C14H24N2O/c17-14(10-12-4-2-1-3-5-12)13-11-15-6-8-16(13)9-7-15/h12-13H,1-11H2. The molecular weight excluding hydrogens is 212 g/mol. The number of ketones is 1. The monoisotopic (exact) mass is 236 g/mol. The summed E-state index contributed by atoms with van der Waals surface area (Å²) in [5, 5.41) is 0. The average molecular weight is 236 g/mol. The summed E-state index contributed by atoms with van der Waals surface area (Å²) < 4.78 is 0. The molecule has 0 aromatic heterocycles. The zero-order valence-corrected chi connectivity index (χ0v) is 10.7. The number of hydrogen-bond acceptors (Lipinski definition) is 3. The van der Waals surface area contributed by atoms with E-state index < -0.39 is 0 Å². The number of rotatable bonds is 3. The molecule has 4 fully saturated rings. The number of nitrogens with zero attached hydrogens (tertiary/aromatic N) is 2. The van der Waals surface area contributed by atoms with E-state index in [1.807, 2.05) is 0 Å². The lowest BCUT2D eigenvalue weighted by Crippen LogP contribution is -2.63. The second-order valence-electron chi connectivity index (χ2n) is 6.03. The predicted octanol–water partition coefficient (Wildman–Crippen LogP) is 1.53. The molecule has 3 nitrogen and oxygen atoms in total. The molecule has 0 spiro atoms. The third-order valence-electron chi connectivity index (χ3n) is 4.87. The van der Waals surface area contributed by atoms with E-state index in [0.29, 0.717) is 11.7 Å². The van der Waals surface area contributed by atoms with Crippen LogP contribution in [0.15, 0.2) is 0 Å². The summed E-state index contributed by atoms with van der Waals surface area (Å²) >= 11 is 0. The lowest BCUT2D eigenvalue weighted by Gasteiger charge is -2.47. The summed E-state index contributed by atoms with van der Waals surface area (Å²) in [5.74, 6) is 1.23. The number of fused-ring (bicyclic) bond motifs is 3. The molecule has 0 aromatic rings. The summed E-state index contributed by atoms with van der Waals surface area (Å²) in [5.41, 5.74) is 0. The fraction of sp³-hybridized carbons (Fsp3) is 0.929. The van der Waals surface area contributed by atoms with E-state index in [4.69, 9.17) is 0 Å². The second-order valence-corrected chi connectivity index (χ2v) is 6.03. The molecule has 1 atom stereocenters. The predicted molar refractivity (Wildman–Crippen MR) is 68.0 cm³/mol. The van der Waals surface area contributed by atoms with Crippen LogP contribution in [0.1, 0.15) is 38.5 Å². The van der Waals surface area contributed by atoms with Crippen LogP contribution in [-0.4, -0.2) is 54.3 Å². The van der Waals surface area contributed by atoms with Crippen LogP contribution in [0.3, 0.4) is 0 Å². The lowest BCUT2D eigenvalue weighted by molar-refractivity contribution is -0.130. The van der Waals surface area contributed by atoms with Gasteiger partial charge in [-0.15, -0.1) is 0 Å². The number of piperazine rings is 3. The Morgan fingerprint density at radius 3 is 2.29 bits per heavy atom. The van der Waals surface area contributed by atoms with E-state index >= 15 is 0 Å². The van der Waals surface area contributed by atoms with Gasteiger partial charge in [-0.05, 0) is 5.92 Å². The molecule has 1 saturated carbocycles. The molecule has 3 heterocycles. The zero-order chi connectivity index (χ0) is 11.7. The summed E-state index contributed by atoms with van der Waals surface area (Å²) in [4.78, 5) is 17.3. The molecule has 0 N–H and O–H groups in total. The van der Waals surface area contributed by atoms with Crippen molar-refractivity contribution in [2.24, 2.45) is 5.92 Å². The number of Topliss-reactive ketones (excluding diaryl/α,β-unsaturated/α-hetero) is 1. The van der Waals surface area contributed by atoms with Crippen molar-refractivity contribution in [3.63, 3.8) is 0 Å². The first-order valence-corrected chi connectivity index (χ1v) is 7.32. The third-order valence-corrected chi connectivity index (χ3v) is 4.87. The molecule has 1 unspecified atom stereocenters. The Bertz CT molecular complexity index is 278. The Labute approximate surface area is 104 Å². The van der Waals surface area contributed by atoms with Gasteiger partial charge in [0.1, 0.15) is 0 Å². The topological polar surface area (TPSA) is 23.6 Å². The van der Waals surface area contributed by atoms with E-state index in [1.165, 1.54) is 45.2 Å². The van der Waals surface area contributed by atoms with E-state index in [2.05, 4.69) is 9.80 Å². The highest BCUT2D eigenvalue weighted by Gasteiger charge is 2.36. The average Bonchev–Trinajstić information content (AvgIpc) is 2.41. The van der Waals surface area contributed by atoms with Crippen molar-refractivity contribution >= 4 is 5.78 Å². The maximum Gasteiger partial charge on any atom is 0.151 e. The van der Waals surface area contributed by atoms with Crippen molar-refractivity contribution in [3.05, 3.63) is 0 Å². The molecule has 3 heteroatoms. The SMILES string of the molecule is O=C(CC1CCCCC1)C1CN2CCN1CC2. The van der Waals surface area contributed by atoms with Crippen LogP contribution in [0, 0.1) is 5.92 Å². The maximum atomic E-state index is 12.4. The highest BCUT2D eigenvalue weighted by atomic mass is 16.1. The first-order chi connectivity index (χ1) is 8.33. The fourth-order valence-electron chi connectivity index (χ4n) is 3.73. The van der Waals surface area contributed by atoms with Crippen LogP contribution >= 0.6 is 0 Å². The van der Waals surface area contributed by atoms with Crippen molar-refractivity contribution in [2.45, 2.75) is 44.6 Å². The molecule has 96 valence electrons. The minimum atomic E-state index is 0.236. The normalized spacial score (nSPS) is 38.2. The van der Waals surface area contributed by atoms with Crippen LogP contribution < -0.4 is 0 Å². The Kier molecular flexibility index (Phi) is 3.48. The van der Waals surface area contributed by atoms with E-state index in [9.17, 15) is 4.79 Å². The molecule has 0 radical (unpaired) electrons. The van der Waals surface area contributed by atoms with Gasteiger partial charge in [0, 0.05) is 39.1 Å². The maximum absolute atomic E-state index is 12.4. The molecule has 2 bridgehead atoms. The number of carbonyl (C=O) groups is 1. The fourth-order valence-corrected chi connectivity index (χ4v) is 3.73. The van der Waals surface area contributed by atoms with E-state index in [0.717, 1.165) is 26.1 Å². The Balaban J connectivity index is 1.55. The summed E-state index contributed by atoms with van der Waals surface area (Å²) in [7, 11) is 0. The minimum absolute atomic E-state index is 0.236. The summed E-state index contributed by atoms with van der Waals surface area (Å²) in [6.45, 7) is 5.58. The second kappa shape index (κ2) is 5.07. The van der Waals surface area contributed by atoms with Gasteiger partial charge in [-0.3, -0.25) is 14.6 Å². The summed E-state index contributed by atoms with van der Waals surface area (Å²) in [6, 6.07) is 0.236. The molecule has 4 rings (SSSR count). The Morgan fingerprint density at radius 1 is 1.00 bits per heavy atom. The van der Waals surface area contributed by atoms with Gasteiger partial charge in [0.25, 0.3) is 0 Å². The van der Waals surface area contributed by atoms with Crippen molar-refractivity contribution in [2.75, 3.05) is 32.7 Å². The van der Waals surface area contributed by atoms with Crippen LogP contribution in [0.4, 0.5) is 0 Å². The molecule has 3 saturated heterocycles. The highest BCUT2D eigenvalue weighted by Crippen LogP contribution is 2.28. The van der Waals surface area contributed by atoms with Crippen molar-refractivity contribution < 1.29 is 4.79 Å². The van der Waals surface area contributed by atoms with E-state index in [1.54, 1.807) is 0 Å². The van der Waals surface area contributed by atoms with Crippen LogP contribution in [0.2, 0.25) is 0 Å². The summed E-state index contributed by atoms with van der Waals surface area (Å²) in [6.07, 6.45) is 7.52. The van der Waals surface area contributed by atoms with Crippen LogP contribution in [0.5, 0.6) is 0 Å². The van der Waals surface area contributed by atoms with Gasteiger partial charge in [-0.25, -0.2) is 0 Å². The van der Waals surface area contributed by atoms with Crippen molar-refractivity contribution in [3.8, 4) is 0 Å². The van der Waals surface area contributed by atoms with Gasteiger partial charge >= 0.3 is 0 Å². The minimum Gasteiger partial charge on any atom is -0.299 e. The van der Waals surface area contributed by atoms with Crippen LogP contribution in [0.25, 0.3) is 0 Å². The van der Waals surface area contributed by atoms with Gasteiger partial charge in [-0.2, -0.15) is 0 Å². The van der Waals surface area contributed by atoms with Crippen molar-refractivity contribution in [1.29, 1.82) is 0 Å². The quantitative estimate of drug-likeness (QED) is 0.742. The smallest absolute Gasteiger partial charge is 0.151 e. The van der Waals surface area contributed by atoms with Crippen LogP contribution in [-0.2, 0) is 4.79 Å². The largest absolute Gasteiger partial charge is 0.299 e. The molecule has 1 aliphatic carbocycles. The van der Waals surface area contributed by atoms with Crippen molar-refractivity contribution in [1.82, 2.24) is 9.80 Å². The Morgan fingerprint density at radius 2 is 1.71 bits per heavy atom. The molecule has 4 aliphatic rings. The Hall–Kier alpha value is -0.410.